The van der Waals surface area contributed by atoms with Gasteiger partial charge in [-0.05, 0) is 44.9 Å². The van der Waals surface area contributed by atoms with Crippen molar-refractivity contribution in [3.8, 4) is 5.75 Å². The van der Waals surface area contributed by atoms with E-state index in [2.05, 4.69) is 0 Å². The van der Waals surface area contributed by atoms with Crippen molar-refractivity contribution in [3.63, 3.8) is 0 Å². The van der Waals surface area contributed by atoms with Crippen LogP contribution in [0.2, 0.25) is 0 Å². The van der Waals surface area contributed by atoms with Crippen molar-refractivity contribution in [2.45, 2.75) is 39.9 Å². The van der Waals surface area contributed by atoms with E-state index in [1.54, 1.807) is 40.0 Å². The molecule has 0 saturated heterocycles. The van der Waals surface area contributed by atoms with Gasteiger partial charge in [0.25, 0.3) is 0 Å². The van der Waals surface area contributed by atoms with Crippen molar-refractivity contribution in [2.24, 2.45) is 5.41 Å². The molecule has 0 aliphatic rings. The van der Waals surface area contributed by atoms with Crippen LogP contribution in [-0.4, -0.2) is 32.1 Å². The maximum absolute atomic E-state index is 11.6. The average Bonchev–Trinajstić information content (AvgIpc) is 2.56. The fourth-order valence-corrected chi connectivity index (χ4v) is 1.73. The van der Waals surface area contributed by atoms with Crippen LogP contribution in [0, 0.1) is 5.41 Å². The molecule has 0 aliphatic heterocycles. The van der Waals surface area contributed by atoms with Crippen LogP contribution in [0.3, 0.4) is 0 Å². The Bertz CT molecular complexity index is 540. The molecule has 0 N–H and O–H groups in total. The Labute approximate surface area is 143 Å². The monoisotopic (exact) mass is 334 g/mol. The minimum atomic E-state index is -0.526. The Morgan fingerprint density at radius 1 is 1.17 bits per heavy atom. The zero-order valence-electron chi connectivity index (χ0n) is 14.8. The molecule has 0 spiro atoms. The van der Waals surface area contributed by atoms with Crippen LogP contribution in [0.5, 0.6) is 5.75 Å². The molecule has 132 valence electrons. The molecule has 0 bridgehead atoms. The summed E-state index contributed by atoms with van der Waals surface area (Å²) in [5, 5.41) is 0. The van der Waals surface area contributed by atoms with Gasteiger partial charge in [-0.25, -0.2) is 0 Å². The average molecular weight is 334 g/mol. The third-order valence-electron chi connectivity index (χ3n) is 3.23. The number of methoxy groups -OCH3 is 1. The lowest BCUT2D eigenvalue weighted by Gasteiger charge is -2.15. The van der Waals surface area contributed by atoms with Gasteiger partial charge in [-0.1, -0.05) is 24.3 Å². The van der Waals surface area contributed by atoms with Gasteiger partial charge in [-0.15, -0.1) is 0 Å². The van der Waals surface area contributed by atoms with Gasteiger partial charge in [0.1, 0.15) is 24.7 Å². The minimum Gasteiger partial charge on any atom is -0.497 e. The van der Waals surface area contributed by atoms with E-state index >= 15 is 0 Å². The highest BCUT2D eigenvalue weighted by atomic mass is 16.5. The summed E-state index contributed by atoms with van der Waals surface area (Å²) in [5.41, 5.74) is 0.450. The molecule has 5 nitrogen and oxygen atoms in total. The maximum atomic E-state index is 11.6. The van der Waals surface area contributed by atoms with Gasteiger partial charge in [-0.3, -0.25) is 4.79 Å². The van der Waals surface area contributed by atoms with Crippen molar-refractivity contribution in [1.29, 1.82) is 0 Å². The number of benzene rings is 1. The van der Waals surface area contributed by atoms with Crippen molar-refractivity contribution >= 4 is 12.3 Å². The minimum absolute atomic E-state index is 0.195. The summed E-state index contributed by atoms with van der Waals surface area (Å²) in [6, 6.07) is 7.47. The Balaban J connectivity index is 2.32. The molecule has 0 aromatic heterocycles. The number of aldehydes is 1. The highest BCUT2D eigenvalue weighted by Crippen LogP contribution is 2.15. The number of esters is 1. The van der Waals surface area contributed by atoms with E-state index in [0.29, 0.717) is 13.0 Å². The molecule has 0 amide bonds. The van der Waals surface area contributed by atoms with Crippen molar-refractivity contribution in [3.05, 3.63) is 42.0 Å². The predicted octanol–water partition coefficient (Wildman–Crippen LogP) is 3.31. The Morgan fingerprint density at radius 2 is 1.83 bits per heavy atom. The highest BCUT2D eigenvalue weighted by molar-refractivity contribution is 5.75. The second-order valence-corrected chi connectivity index (χ2v) is 6.39. The summed E-state index contributed by atoms with van der Waals surface area (Å²) in [6.07, 6.45) is 4.18. The number of carbonyl (C=O) groups is 2. The first-order valence-electron chi connectivity index (χ1n) is 7.89. The summed E-state index contributed by atoms with van der Waals surface area (Å²) in [5.74, 6) is 0.522. The molecule has 24 heavy (non-hydrogen) atoms. The molecule has 0 radical (unpaired) electrons. The smallest absolute Gasteiger partial charge is 0.311 e. The van der Waals surface area contributed by atoms with Crippen LogP contribution < -0.4 is 4.74 Å². The van der Waals surface area contributed by atoms with Crippen LogP contribution in [0.15, 0.2) is 36.4 Å². The molecule has 0 heterocycles. The highest BCUT2D eigenvalue weighted by Gasteiger charge is 2.22. The summed E-state index contributed by atoms with van der Waals surface area (Å²) in [7, 11) is 1.61. The second kappa shape index (κ2) is 9.88. The molecule has 1 atom stereocenters. The zero-order valence-corrected chi connectivity index (χ0v) is 14.8. The summed E-state index contributed by atoms with van der Waals surface area (Å²) in [6.45, 7) is 5.94. The van der Waals surface area contributed by atoms with Gasteiger partial charge in [0.15, 0.2) is 0 Å². The SMILES string of the molecule is COc1ccc(CO[C@H](C=O)CC=CCOC(=O)C(C)(C)C)cc1. The van der Waals surface area contributed by atoms with Crippen LogP contribution >= 0.6 is 0 Å². The van der Waals surface area contributed by atoms with E-state index in [0.717, 1.165) is 17.6 Å². The first-order valence-corrected chi connectivity index (χ1v) is 7.89. The van der Waals surface area contributed by atoms with Gasteiger partial charge in [0.2, 0.25) is 0 Å². The Hall–Kier alpha value is -2.14. The van der Waals surface area contributed by atoms with Crippen molar-refractivity contribution in [2.75, 3.05) is 13.7 Å². The molecular weight excluding hydrogens is 308 g/mol. The van der Waals surface area contributed by atoms with E-state index in [1.807, 2.05) is 24.3 Å². The van der Waals surface area contributed by atoms with Gasteiger partial charge in [-0.2, -0.15) is 0 Å². The van der Waals surface area contributed by atoms with E-state index in [9.17, 15) is 9.59 Å². The number of carbonyl (C=O) groups excluding carboxylic acids is 2. The zero-order chi connectivity index (χ0) is 18.0. The van der Waals surface area contributed by atoms with Crippen molar-refractivity contribution in [1.82, 2.24) is 0 Å². The standard InChI is InChI=1S/C19H26O5/c1-19(2,3)18(21)23-12-6-5-7-17(13-20)24-14-15-8-10-16(22-4)11-9-15/h5-6,8-11,13,17H,7,12,14H2,1-4H3/t17-/m0/s1. The van der Waals surface area contributed by atoms with E-state index < -0.39 is 11.5 Å². The Morgan fingerprint density at radius 3 is 2.38 bits per heavy atom. The molecule has 0 saturated carbocycles. The van der Waals surface area contributed by atoms with Gasteiger partial charge < -0.3 is 19.0 Å². The lowest BCUT2D eigenvalue weighted by Crippen LogP contribution is -2.22. The molecule has 0 fully saturated rings. The summed E-state index contributed by atoms with van der Waals surface area (Å²) < 4.78 is 15.8. The topological polar surface area (TPSA) is 61.8 Å². The van der Waals surface area contributed by atoms with Gasteiger partial charge >= 0.3 is 5.97 Å². The number of ether oxygens (including phenoxy) is 3. The molecule has 1 rings (SSSR count). The molecule has 5 heteroatoms. The summed E-state index contributed by atoms with van der Waals surface area (Å²) >= 11 is 0. The number of hydrogen-bond acceptors (Lipinski definition) is 5. The first-order chi connectivity index (χ1) is 11.4. The number of hydrogen-bond donors (Lipinski definition) is 0. The normalized spacial score (nSPS) is 12.8. The van der Waals surface area contributed by atoms with Crippen molar-refractivity contribution < 1.29 is 23.8 Å². The molecule has 1 aromatic rings. The number of rotatable bonds is 9. The van der Waals surface area contributed by atoms with Crippen LogP contribution in [-0.2, 0) is 25.7 Å². The lowest BCUT2D eigenvalue weighted by molar-refractivity contribution is -0.151. The van der Waals surface area contributed by atoms with Crippen LogP contribution in [0.4, 0.5) is 0 Å². The van der Waals surface area contributed by atoms with E-state index in [-0.39, 0.29) is 12.6 Å². The second-order valence-electron chi connectivity index (χ2n) is 6.39. The van der Waals surface area contributed by atoms with Crippen LogP contribution in [0.1, 0.15) is 32.8 Å². The van der Waals surface area contributed by atoms with E-state index in [1.165, 1.54) is 0 Å². The quantitative estimate of drug-likeness (QED) is 0.394. The molecular formula is C19H26O5. The molecule has 0 unspecified atom stereocenters. The molecule has 1 aromatic carbocycles. The van der Waals surface area contributed by atoms with Crippen LogP contribution in [0.25, 0.3) is 0 Å². The lowest BCUT2D eigenvalue weighted by atomic mass is 9.97. The fraction of sp³-hybridized carbons (Fsp3) is 0.474. The third kappa shape index (κ3) is 7.42. The van der Waals surface area contributed by atoms with E-state index in [4.69, 9.17) is 14.2 Å². The first kappa shape index (κ1) is 19.9. The largest absolute Gasteiger partial charge is 0.497 e. The predicted molar refractivity (Wildman–Crippen MR) is 91.8 cm³/mol. The summed E-state index contributed by atoms with van der Waals surface area (Å²) in [4.78, 5) is 22.6. The third-order valence-corrected chi connectivity index (χ3v) is 3.23. The fourth-order valence-electron chi connectivity index (χ4n) is 1.73. The maximum Gasteiger partial charge on any atom is 0.311 e. The van der Waals surface area contributed by atoms with Gasteiger partial charge in [0.05, 0.1) is 19.1 Å². The molecule has 0 aliphatic carbocycles. The Kier molecular flexibility index (Phi) is 8.19. The van der Waals surface area contributed by atoms with Gasteiger partial charge in [0, 0.05) is 0 Å².